The van der Waals surface area contributed by atoms with Crippen molar-refractivity contribution >= 4 is 6.29 Å². The standard InChI is InChI=1S/C7H13NO.CH6N2/c1-8-4-2-7(6-9)3-5-8;1-3-2/h6-7H,2-5H2,1H3;3H,2H2,1H3. The first-order valence-electron chi connectivity index (χ1n) is 4.25. The van der Waals surface area contributed by atoms with Crippen LogP contribution in [0.3, 0.4) is 0 Å². The van der Waals surface area contributed by atoms with Crippen molar-refractivity contribution in [2.24, 2.45) is 11.8 Å². The largest absolute Gasteiger partial charge is 0.306 e. The molecule has 3 N–H and O–H groups in total. The predicted octanol–water partition coefficient (Wildman–Crippen LogP) is -0.393. The van der Waals surface area contributed by atoms with Crippen molar-refractivity contribution in [3.63, 3.8) is 0 Å². The molecule has 0 aromatic rings. The number of carbonyl (C=O) groups excluding carboxylic acids is 1. The molecule has 4 heteroatoms. The minimum absolute atomic E-state index is 0.348. The Kier molecular flexibility index (Phi) is 6.94. The van der Waals surface area contributed by atoms with Gasteiger partial charge in [-0.15, -0.1) is 0 Å². The maximum absolute atomic E-state index is 10.2. The molecule has 0 aromatic carbocycles. The molecular weight excluding hydrogens is 154 g/mol. The van der Waals surface area contributed by atoms with Crippen LogP contribution in [-0.4, -0.2) is 38.4 Å². The van der Waals surface area contributed by atoms with E-state index in [-0.39, 0.29) is 0 Å². The molecule has 0 bridgehead atoms. The molecule has 1 aliphatic rings. The van der Waals surface area contributed by atoms with Crippen LogP contribution in [0.25, 0.3) is 0 Å². The number of carbonyl (C=O) groups is 1. The van der Waals surface area contributed by atoms with Gasteiger partial charge in [0, 0.05) is 5.92 Å². The Balaban J connectivity index is 0.000000354. The van der Waals surface area contributed by atoms with Crippen LogP contribution in [0.2, 0.25) is 0 Å². The van der Waals surface area contributed by atoms with Gasteiger partial charge in [-0.05, 0) is 40.0 Å². The molecule has 0 spiro atoms. The monoisotopic (exact) mass is 173 g/mol. The van der Waals surface area contributed by atoms with Gasteiger partial charge < -0.3 is 9.69 Å². The highest BCUT2D eigenvalue weighted by Gasteiger charge is 2.14. The van der Waals surface area contributed by atoms with Crippen molar-refractivity contribution < 1.29 is 4.79 Å². The molecule has 4 nitrogen and oxygen atoms in total. The van der Waals surface area contributed by atoms with Gasteiger partial charge in [0.05, 0.1) is 0 Å². The smallest absolute Gasteiger partial charge is 0.123 e. The fraction of sp³-hybridized carbons (Fsp3) is 0.875. The zero-order valence-electron chi connectivity index (χ0n) is 7.92. The maximum atomic E-state index is 10.2. The number of hydrogen-bond acceptors (Lipinski definition) is 4. The number of nitrogens with one attached hydrogen (secondary N) is 1. The van der Waals surface area contributed by atoms with Crippen LogP contribution >= 0.6 is 0 Å². The lowest BCUT2D eigenvalue weighted by atomic mass is 9.99. The van der Waals surface area contributed by atoms with Crippen molar-refractivity contribution in [1.29, 1.82) is 0 Å². The van der Waals surface area contributed by atoms with E-state index in [1.165, 1.54) is 0 Å². The van der Waals surface area contributed by atoms with Crippen molar-refractivity contribution in [1.82, 2.24) is 10.3 Å². The van der Waals surface area contributed by atoms with E-state index in [1.807, 2.05) is 0 Å². The molecule has 1 saturated heterocycles. The van der Waals surface area contributed by atoms with Crippen molar-refractivity contribution in [2.75, 3.05) is 27.2 Å². The zero-order valence-corrected chi connectivity index (χ0v) is 7.92. The second-order valence-corrected chi connectivity index (χ2v) is 3.07. The Morgan fingerprint density at radius 3 is 2.25 bits per heavy atom. The van der Waals surface area contributed by atoms with Crippen molar-refractivity contribution in [3.05, 3.63) is 0 Å². The van der Waals surface area contributed by atoms with Gasteiger partial charge >= 0.3 is 0 Å². The van der Waals surface area contributed by atoms with Gasteiger partial charge in [0.2, 0.25) is 0 Å². The van der Waals surface area contributed by atoms with Crippen molar-refractivity contribution in [3.8, 4) is 0 Å². The number of nitrogens with two attached hydrogens (primary N) is 1. The van der Waals surface area contributed by atoms with Crippen LogP contribution < -0.4 is 11.3 Å². The Hall–Kier alpha value is -0.450. The van der Waals surface area contributed by atoms with Crippen molar-refractivity contribution in [2.45, 2.75) is 12.8 Å². The normalized spacial score (nSPS) is 19.6. The van der Waals surface area contributed by atoms with Crippen LogP contribution in [-0.2, 0) is 4.79 Å². The third kappa shape index (κ3) is 5.23. The molecule has 0 radical (unpaired) electrons. The number of hydrogen-bond donors (Lipinski definition) is 2. The van der Waals surface area contributed by atoms with Crippen LogP contribution in [0.1, 0.15) is 12.8 Å². The molecule has 1 rings (SSSR count). The summed E-state index contributed by atoms with van der Waals surface area (Å²) in [6, 6.07) is 0. The minimum Gasteiger partial charge on any atom is -0.306 e. The summed E-state index contributed by atoms with van der Waals surface area (Å²) in [5, 5.41) is 0. The van der Waals surface area contributed by atoms with E-state index in [4.69, 9.17) is 0 Å². The zero-order chi connectivity index (χ0) is 9.40. The summed E-state index contributed by atoms with van der Waals surface area (Å²) >= 11 is 0. The Bertz CT molecular complexity index is 111. The second-order valence-electron chi connectivity index (χ2n) is 3.07. The highest BCUT2D eigenvalue weighted by Crippen LogP contribution is 2.12. The second kappa shape index (κ2) is 7.21. The number of rotatable bonds is 1. The molecule has 0 saturated carbocycles. The van der Waals surface area contributed by atoms with E-state index in [0.29, 0.717) is 5.92 Å². The molecule has 1 heterocycles. The lowest BCUT2D eigenvalue weighted by Gasteiger charge is -2.25. The first-order valence-corrected chi connectivity index (χ1v) is 4.25. The maximum Gasteiger partial charge on any atom is 0.123 e. The number of piperidine rings is 1. The fourth-order valence-corrected chi connectivity index (χ4v) is 1.16. The van der Waals surface area contributed by atoms with Gasteiger partial charge in [-0.25, -0.2) is 0 Å². The quantitative estimate of drug-likeness (QED) is 0.322. The van der Waals surface area contributed by atoms with E-state index in [0.717, 1.165) is 32.2 Å². The summed E-state index contributed by atoms with van der Waals surface area (Å²) in [4.78, 5) is 12.5. The average molecular weight is 173 g/mol. The van der Waals surface area contributed by atoms with E-state index < -0.39 is 0 Å². The first-order chi connectivity index (χ1) is 5.74. The van der Waals surface area contributed by atoms with E-state index in [1.54, 1.807) is 7.05 Å². The third-order valence-corrected chi connectivity index (χ3v) is 1.96. The van der Waals surface area contributed by atoms with Gasteiger partial charge in [0.15, 0.2) is 0 Å². The van der Waals surface area contributed by atoms with Crippen LogP contribution in [0.5, 0.6) is 0 Å². The average Bonchev–Trinajstić information content (AvgIpc) is 2.07. The summed E-state index contributed by atoms with van der Waals surface area (Å²) in [6.07, 6.45) is 3.20. The first kappa shape index (κ1) is 11.6. The molecule has 12 heavy (non-hydrogen) atoms. The Morgan fingerprint density at radius 2 is 1.92 bits per heavy atom. The molecule has 72 valence electrons. The lowest BCUT2D eigenvalue weighted by Crippen LogP contribution is -2.30. The lowest BCUT2D eigenvalue weighted by molar-refractivity contribution is -0.112. The summed E-state index contributed by atoms with van der Waals surface area (Å²) in [5.74, 6) is 4.95. The molecule has 0 amide bonds. The third-order valence-electron chi connectivity index (χ3n) is 1.96. The number of nitrogens with zero attached hydrogens (tertiary/aromatic N) is 1. The van der Waals surface area contributed by atoms with E-state index >= 15 is 0 Å². The topological polar surface area (TPSA) is 58.4 Å². The molecular formula is C8H19N3O. The highest BCUT2D eigenvalue weighted by atomic mass is 16.1. The predicted molar refractivity (Wildman–Crippen MR) is 49.5 cm³/mol. The van der Waals surface area contributed by atoms with Crippen LogP contribution in [0, 0.1) is 5.92 Å². The van der Waals surface area contributed by atoms with E-state index in [2.05, 4.69) is 23.2 Å². The number of aldehydes is 1. The number of hydrazine groups is 1. The summed E-state index contributed by atoms with van der Waals surface area (Å²) < 4.78 is 0. The van der Waals surface area contributed by atoms with Gasteiger partial charge in [-0.3, -0.25) is 11.3 Å². The van der Waals surface area contributed by atoms with Gasteiger partial charge in [-0.2, -0.15) is 0 Å². The summed E-state index contributed by atoms with van der Waals surface area (Å²) in [6.45, 7) is 2.17. The Labute approximate surface area is 74.1 Å². The molecule has 0 aromatic heterocycles. The Morgan fingerprint density at radius 1 is 1.50 bits per heavy atom. The minimum atomic E-state index is 0.348. The van der Waals surface area contributed by atoms with Gasteiger partial charge in [0.25, 0.3) is 0 Å². The van der Waals surface area contributed by atoms with Crippen LogP contribution in [0.15, 0.2) is 0 Å². The van der Waals surface area contributed by atoms with Gasteiger partial charge in [0.1, 0.15) is 6.29 Å². The molecule has 0 unspecified atom stereocenters. The van der Waals surface area contributed by atoms with Crippen LogP contribution in [0.4, 0.5) is 0 Å². The number of likely N-dealkylation sites (tertiary alicyclic amines) is 1. The molecule has 0 atom stereocenters. The fourth-order valence-electron chi connectivity index (χ4n) is 1.16. The molecule has 1 fully saturated rings. The SMILES string of the molecule is CN1CCC(C=O)CC1.CNN. The summed E-state index contributed by atoms with van der Waals surface area (Å²) in [7, 11) is 3.75. The molecule has 0 aliphatic carbocycles. The summed E-state index contributed by atoms with van der Waals surface area (Å²) in [5.41, 5.74) is 2.25. The molecule has 1 aliphatic heterocycles. The van der Waals surface area contributed by atoms with Gasteiger partial charge in [-0.1, -0.05) is 0 Å². The highest BCUT2D eigenvalue weighted by molar-refractivity contribution is 5.53. The van der Waals surface area contributed by atoms with E-state index in [9.17, 15) is 4.79 Å².